The number of carbonyl (C=O) groups excluding carboxylic acids is 9. The first kappa shape index (κ1) is 65.7. The second-order valence-corrected chi connectivity index (χ2v) is 25.5. The number of aromatic hydroxyl groups is 2. The van der Waals surface area contributed by atoms with Crippen LogP contribution in [0.5, 0.6) is 23.0 Å². The van der Waals surface area contributed by atoms with Crippen LogP contribution in [0.25, 0.3) is 0 Å². The summed E-state index contributed by atoms with van der Waals surface area (Å²) >= 11 is 0. The molecule has 2 amide bonds. The van der Waals surface area contributed by atoms with E-state index in [9.17, 15) is 58.8 Å². The van der Waals surface area contributed by atoms with Crippen LogP contribution in [0.2, 0.25) is 0 Å². The summed E-state index contributed by atoms with van der Waals surface area (Å²) in [6.07, 6.45) is -12.3. The fraction of sp³-hybridized carbons (Fsp3) is 0.338. The molecule has 96 heavy (non-hydrogen) atoms. The van der Waals surface area contributed by atoms with Gasteiger partial charge >= 0.3 is 35.8 Å². The van der Waals surface area contributed by atoms with Crippen LogP contribution in [0.4, 0.5) is 8.78 Å². The van der Waals surface area contributed by atoms with Gasteiger partial charge in [0, 0.05) is 60.9 Å². The summed E-state index contributed by atoms with van der Waals surface area (Å²) in [6, 6.07) is 27.4. The molecule has 6 aromatic carbocycles. The van der Waals surface area contributed by atoms with Crippen molar-refractivity contribution >= 4 is 53.4 Å². The molecule has 2 saturated carbocycles. The zero-order valence-electron chi connectivity index (χ0n) is 52.5. The largest absolute Gasteiger partial charge is 0.505 e. The van der Waals surface area contributed by atoms with Crippen molar-refractivity contribution in [2.45, 2.75) is 127 Å². The molecular formula is C71H64F2N2O21. The maximum atomic E-state index is 16.6. The lowest BCUT2D eigenvalue weighted by Crippen LogP contribution is -2.82. The maximum absolute atomic E-state index is 16.6. The third-order valence-electron chi connectivity index (χ3n) is 19.6. The van der Waals surface area contributed by atoms with Gasteiger partial charge in [0.1, 0.15) is 47.6 Å². The van der Waals surface area contributed by atoms with Gasteiger partial charge in [0.15, 0.2) is 52.3 Å². The molecule has 23 nitrogen and oxygen atoms in total. The normalized spacial score (nSPS) is 26.2. The van der Waals surface area contributed by atoms with E-state index in [1.54, 1.807) is 54.6 Å². The van der Waals surface area contributed by atoms with Crippen LogP contribution in [0.1, 0.15) is 131 Å². The van der Waals surface area contributed by atoms with E-state index >= 15 is 13.6 Å². The van der Waals surface area contributed by atoms with Gasteiger partial charge in [-0.2, -0.15) is 0 Å². The van der Waals surface area contributed by atoms with Crippen molar-refractivity contribution in [1.82, 2.24) is 10.6 Å². The molecule has 6 N–H and O–H groups in total. The quantitative estimate of drug-likeness (QED) is 0.0352. The Morgan fingerprint density at radius 1 is 0.677 bits per heavy atom. The number of amides is 2. The highest BCUT2D eigenvalue weighted by Crippen LogP contribution is 2.65. The molecule has 498 valence electrons. The molecule has 0 radical (unpaired) electrons. The molecule has 2 bridgehead atoms. The number of phenolic OH excluding ortho intramolecular Hbond substituents is 2. The number of rotatable bonds is 14. The number of aliphatic hydroxyl groups is 2. The predicted octanol–water partition coefficient (Wildman–Crippen LogP) is 7.36. The molecule has 3 fully saturated rings. The topological polar surface area (TPSA) is 332 Å². The molecule has 6 aromatic rings. The highest BCUT2D eigenvalue weighted by atomic mass is 19.1. The Hall–Kier alpha value is -10.4. The van der Waals surface area contributed by atoms with Crippen molar-refractivity contribution in [1.29, 1.82) is 0 Å². The van der Waals surface area contributed by atoms with Crippen LogP contribution >= 0.6 is 0 Å². The van der Waals surface area contributed by atoms with Gasteiger partial charge < -0.3 is 69.0 Å². The summed E-state index contributed by atoms with van der Waals surface area (Å²) < 4.78 is 79.8. The van der Waals surface area contributed by atoms with Crippen molar-refractivity contribution in [3.8, 4) is 23.0 Å². The second kappa shape index (κ2) is 24.1. The number of carbonyl (C=O) groups is 9. The Kier molecular flexibility index (Phi) is 16.5. The number of halogens is 2. The molecule has 0 unspecified atom stereocenters. The molecule has 3 heterocycles. The Labute approximate surface area is 546 Å². The van der Waals surface area contributed by atoms with Crippen LogP contribution in [0.3, 0.4) is 0 Å². The molecule has 3 aliphatic heterocycles. The Balaban J connectivity index is 0.919. The van der Waals surface area contributed by atoms with E-state index in [2.05, 4.69) is 10.6 Å². The number of esters is 6. The number of Topliss-reactive ketones (excluding diaryl/α,β-unsaturated/α-hetero) is 1. The molecular weight excluding hydrogens is 1250 g/mol. The van der Waals surface area contributed by atoms with Gasteiger partial charge in [0.2, 0.25) is 0 Å². The number of aliphatic hydroxyl groups excluding tert-OH is 1. The number of ketones is 1. The minimum atomic E-state index is -2.65. The van der Waals surface area contributed by atoms with Crippen LogP contribution in [-0.4, -0.2) is 134 Å². The van der Waals surface area contributed by atoms with Crippen molar-refractivity contribution in [2.75, 3.05) is 6.61 Å². The lowest BCUT2D eigenvalue weighted by molar-refractivity contribution is -0.346. The number of hydrogen-bond acceptors (Lipinski definition) is 21. The second-order valence-electron chi connectivity index (χ2n) is 25.5. The average molecular weight is 1320 g/mol. The minimum absolute atomic E-state index is 0.0191. The van der Waals surface area contributed by atoms with Crippen LogP contribution in [0.15, 0.2) is 145 Å². The van der Waals surface area contributed by atoms with Gasteiger partial charge in [-0.1, -0.05) is 86.6 Å². The van der Waals surface area contributed by atoms with E-state index < -0.39 is 178 Å². The third-order valence-corrected chi connectivity index (χ3v) is 19.6. The van der Waals surface area contributed by atoms with Gasteiger partial charge in [0.05, 0.1) is 46.2 Å². The monoisotopic (exact) mass is 1320 g/mol. The SMILES string of the molecule is CC(=O)O[C@H]1C(=O)[C@]2(C)[C@@H](OC(=O)[C@H](C)NC(=O)c3ccc4c(c3)C(=O)OC43c4cc(F)c(O)cc4Oc4cc(O)c(F)cc43)C[C@H]3OC[C@@]3(OC(C)=O)[C@H]2[C@@H](OC(=O)c2ccccc2)[C@]2(O)C[C@H](OC(=O)[C@H](O)[C@@H](NC(=O)c3ccccc3)c3ccccc3)C(C)=C1C2(C)C. The lowest BCUT2D eigenvalue weighted by Gasteiger charge is -2.67. The highest BCUT2D eigenvalue weighted by molar-refractivity contribution is 6.03. The molecule has 3 aliphatic carbocycles. The lowest BCUT2D eigenvalue weighted by atomic mass is 9.44. The molecule has 12 rings (SSSR count). The van der Waals surface area contributed by atoms with E-state index in [0.717, 1.165) is 44.2 Å². The summed E-state index contributed by atoms with van der Waals surface area (Å²) in [5.74, 6) is -15.8. The number of nitrogens with one attached hydrogen (secondary N) is 2. The zero-order chi connectivity index (χ0) is 68.9. The minimum Gasteiger partial charge on any atom is -0.505 e. The van der Waals surface area contributed by atoms with Crippen LogP contribution < -0.4 is 15.4 Å². The molecule has 12 atom stereocenters. The molecule has 0 aromatic heterocycles. The highest BCUT2D eigenvalue weighted by Gasteiger charge is 2.79. The van der Waals surface area contributed by atoms with Crippen molar-refractivity contribution in [2.24, 2.45) is 16.7 Å². The fourth-order valence-corrected chi connectivity index (χ4v) is 14.8. The molecule has 6 aliphatic rings. The van der Waals surface area contributed by atoms with Gasteiger partial charge in [0.25, 0.3) is 11.8 Å². The average Bonchev–Trinajstić information content (AvgIpc) is 0.749. The number of phenols is 2. The molecule has 1 saturated heterocycles. The smallest absolute Gasteiger partial charge is 0.340 e. The maximum Gasteiger partial charge on any atom is 0.340 e. The summed E-state index contributed by atoms with van der Waals surface area (Å²) in [4.78, 5) is 131. The van der Waals surface area contributed by atoms with E-state index in [0.29, 0.717) is 0 Å². The number of ether oxygens (including phenoxy) is 8. The zero-order valence-corrected chi connectivity index (χ0v) is 52.5. The van der Waals surface area contributed by atoms with Crippen molar-refractivity contribution < 1.29 is 110 Å². The van der Waals surface area contributed by atoms with E-state index in [1.165, 1.54) is 83.1 Å². The Morgan fingerprint density at radius 3 is 1.83 bits per heavy atom. The van der Waals surface area contributed by atoms with Crippen molar-refractivity contribution in [3.05, 3.63) is 201 Å². The standard InChI is InChI=1S/C71H64F2N2O21/c1-33-51(92-66(87)56(80)55(37-17-11-8-12-18-37)75-61(82)38-19-13-9-14-20-38)31-70(88)60(94-64(85)39-21-15-10-16-22-39)58-68(7,59(81)57(90-35(3)76)54(33)67(70,5)6)52(30-53-69(58,32-89-53)95-36(4)77)93-63(84)34(2)74-62(83)40-23-24-42-41(25-40)65(86)96-71(42)43-26-45(72)47(78)28-49(43)91-50-29-48(79)46(73)27-44(50)71/h8-29,34,51-53,55-58,60,78-80,88H,30-32H2,1-7H3,(H,74,83)(H,75,82)/t34-,51-,52-,53+,55-,56+,57+,58-,60+,68+,69-,70+/m0/s1. The van der Waals surface area contributed by atoms with E-state index in [1.807, 2.05) is 0 Å². The Bertz CT molecular complexity index is 4240. The third kappa shape index (κ3) is 10.6. The summed E-state index contributed by atoms with van der Waals surface area (Å²) in [5, 5.41) is 52.2. The van der Waals surface area contributed by atoms with Crippen molar-refractivity contribution in [3.63, 3.8) is 0 Å². The van der Waals surface area contributed by atoms with Gasteiger partial charge in [-0.25, -0.2) is 28.0 Å². The van der Waals surface area contributed by atoms with Gasteiger partial charge in [-0.3, -0.25) is 24.0 Å². The van der Waals surface area contributed by atoms with Gasteiger partial charge in [-0.15, -0.1) is 0 Å². The summed E-state index contributed by atoms with van der Waals surface area (Å²) in [5.41, 5.74) is -11.9. The number of hydrogen-bond donors (Lipinski definition) is 6. The molecule has 1 spiro atoms. The number of benzene rings is 6. The first-order valence-corrected chi connectivity index (χ1v) is 30.6. The molecule has 25 heteroatoms. The van der Waals surface area contributed by atoms with Crippen LogP contribution in [-0.2, 0) is 62.7 Å². The first-order valence-electron chi connectivity index (χ1n) is 30.6. The first-order chi connectivity index (χ1) is 45.5. The predicted molar refractivity (Wildman–Crippen MR) is 326 cm³/mol. The van der Waals surface area contributed by atoms with Crippen LogP contribution in [0, 0.1) is 28.4 Å². The summed E-state index contributed by atoms with van der Waals surface area (Å²) in [7, 11) is 0. The fourth-order valence-electron chi connectivity index (χ4n) is 14.8. The van der Waals surface area contributed by atoms with E-state index in [4.69, 9.17) is 37.9 Å². The Morgan fingerprint density at radius 2 is 1.26 bits per heavy atom. The number of fused-ring (bicyclic) bond motifs is 11. The van der Waals surface area contributed by atoms with Gasteiger partial charge in [-0.05, 0) is 86.0 Å². The summed E-state index contributed by atoms with van der Waals surface area (Å²) in [6.45, 7) is 8.46. The van der Waals surface area contributed by atoms with E-state index in [-0.39, 0.29) is 67.2 Å².